The fourth-order valence-corrected chi connectivity index (χ4v) is 3.25. The summed E-state index contributed by atoms with van der Waals surface area (Å²) in [5.74, 6) is 0.126. The molecule has 120 valence electrons. The Bertz CT molecular complexity index is 880. The van der Waals surface area contributed by atoms with E-state index < -0.39 is 16.1 Å². The third-order valence-corrected chi connectivity index (χ3v) is 4.72. The lowest BCUT2D eigenvalue weighted by Crippen LogP contribution is -2.34. The summed E-state index contributed by atoms with van der Waals surface area (Å²) in [6.45, 7) is 3.39. The largest absolute Gasteiger partial charge is 0.479 e. The zero-order valence-corrected chi connectivity index (χ0v) is 13.3. The predicted molar refractivity (Wildman–Crippen MR) is 84.9 cm³/mol. The Balaban J connectivity index is 1.92. The molecule has 0 fully saturated rings. The van der Waals surface area contributed by atoms with Gasteiger partial charge in [0.05, 0.1) is 16.3 Å². The molecule has 3 rings (SSSR count). The number of aromatic nitrogens is 1. The molecular weight excluding hydrogens is 318 g/mol. The van der Waals surface area contributed by atoms with Crippen LogP contribution in [0.3, 0.4) is 0 Å². The van der Waals surface area contributed by atoms with Crippen LogP contribution in [-0.2, 0) is 14.8 Å². The molecule has 0 saturated carbocycles. The Morgan fingerprint density at radius 1 is 1.26 bits per heavy atom. The third-order valence-electron chi connectivity index (χ3n) is 3.34. The molecule has 0 saturated heterocycles. The Morgan fingerprint density at radius 2 is 2.04 bits per heavy atom. The lowest BCUT2D eigenvalue weighted by atomic mass is 10.2. The Kier molecular flexibility index (Phi) is 3.69. The number of fused-ring (bicyclic) bond motifs is 1. The molecule has 1 aliphatic heterocycles. The number of nitrogens with one attached hydrogen (secondary N) is 2. The van der Waals surface area contributed by atoms with E-state index in [4.69, 9.17) is 4.74 Å². The summed E-state index contributed by atoms with van der Waals surface area (Å²) in [7, 11) is -3.78. The number of ether oxygens (including phenoxy) is 1. The average Bonchev–Trinajstić information content (AvgIpc) is 2.47. The van der Waals surface area contributed by atoms with Crippen LogP contribution >= 0.6 is 0 Å². The number of benzene rings is 1. The van der Waals surface area contributed by atoms with E-state index in [2.05, 4.69) is 15.0 Å². The summed E-state index contributed by atoms with van der Waals surface area (Å²) in [4.78, 5) is 15.7. The number of hydrogen-bond donors (Lipinski definition) is 2. The minimum atomic E-state index is -3.78. The number of rotatable bonds is 3. The first-order chi connectivity index (χ1) is 10.8. The van der Waals surface area contributed by atoms with Gasteiger partial charge in [-0.2, -0.15) is 0 Å². The molecule has 1 aromatic heterocycles. The summed E-state index contributed by atoms with van der Waals surface area (Å²) >= 11 is 0. The van der Waals surface area contributed by atoms with Crippen molar-refractivity contribution in [2.45, 2.75) is 24.8 Å². The molecule has 1 aromatic carbocycles. The zero-order valence-electron chi connectivity index (χ0n) is 12.5. The SMILES string of the molecule is Cc1cc(NS(=O)(=O)c2ccc3c(c2)NC(=O)C(C)O3)ccn1. The van der Waals surface area contributed by atoms with Gasteiger partial charge in [0.25, 0.3) is 15.9 Å². The van der Waals surface area contributed by atoms with Crippen LogP contribution in [-0.4, -0.2) is 25.4 Å². The summed E-state index contributed by atoms with van der Waals surface area (Å²) in [6, 6.07) is 7.52. The lowest BCUT2D eigenvalue weighted by molar-refractivity contribution is -0.122. The predicted octanol–water partition coefficient (Wildman–Crippen LogP) is 1.91. The Labute approximate surface area is 133 Å². The number of pyridine rings is 1. The Morgan fingerprint density at radius 3 is 2.78 bits per heavy atom. The molecule has 8 heteroatoms. The van der Waals surface area contributed by atoms with Crippen molar-refractivity contribution < 1.29 is 17.9 Å². The molecule has 1 aliphatic rings. The standard InChI is InChI=1S/C15H15N3O4S/c1-9-7-11(5-6-16-9)18-23(20,21)12-3-4-14-13(8-12)17-15(19)10(2)22-14/h3-8,10H,1-2H3,(H,16,18)(H,17,19). The molecule has 23 heavy (non-hydrogen) atoms. The van der Waals surface area contributed by atoms with E-state index in [1.807, 2.05) is 0 Å². The summed E-state index contributed by atoms with van der Waals surface area (Å²) < 4.78 is 32.8. The molecule has 1 atom stereocenters. The van der Waals surface area contributed by atoms with E-state index in [0.717, 1.165) is 0 Å². The van der Waals surface area contributed by atoms with Gasteiger partial charge in [-0.05, 0) is 44.2 Å². The third kappa shape index (κ3) is 3.11. The number of hydrogen-bond acceptors (Lipinski definition) is 5. The second-order valence-corrected chi connectivity index (χ2v) is 6.88. The van der Waals surface area contributed by atoms with E-state index in [-0.39, 0.29) is 10.8 Å². The molecular formula is C15H15N3O4S. The first-order valence-electron chi connectivity index (χ1n) is 6.92. The second kappa shape index (κ2) is 5.54. The van der Waals surface area contributed by atoms with Crippen molar-refractivity contribution in [3.05, 3.63) is 42.2 Å². The number of carbonyl (C=O) groups is 1. The van der Waals surface area contributed by atoms with Crippen molar-refractivity contribution in [1.29, 1.82) is 0 Å². The minimum absolute atomic E-state index is 0.0316. The number of sulfonamides is 1. The van der Waals surface area contributed by atoms with Crippen molar-refractivity contribution in [2.24, 2.45) is 0 Å². The van der Waals surface area contributed by atoms with Gasteiger partial charge >= 0.3 is 0 Å². The molecule has 0 spiro atoms. The maximum atomic E-state index is 12.5. The molecule has 1 unspecified atom stereocenters. The molecule has 0 bridgehead atoms. The van der Waals surface area contributed by atoms with Crippen LogP contribution in [0.4, 0.5) is 11.4 Å². The number of nitrogens with zero attached hydrogens (tertiary/aromatic N) is 1. The topological polar surface area (TPSA) is 97.4 Å². The second-order valence-electron chi connectivity index (χ2n) is 5.20. The normalized spacial score (nSPS) is 17.0. The molecule has 0 aliphatic carbocycles. The Hall–Kier alpha value is -2.61. The summed E-state index contributed by atoms with van der Waals surface area (Å²) in [6.07, 6.45) is 0.915. The van der Waals surface area contributed by atoms with Crippen molar-refractivity contribution in [3.63, 3.8) is 0 Å². The number of carbonyl (C=O) groups excluding carboxylic acids is 1. The average molecular weight is 333 g/mol. The molecule has 2 aromatic rings. The minimum Gasteiger partial charge on any atom is -0.479 e. The highest BCUT2D eigenvalue weighted by Crippen LogP contribution is 2.32. The van der Waals surface area contributed by atoms with Gasteiger partial charge in [0.2, 0.25) is 0 Å². The van der Waals surface area contributed by atoms with Crippen LogP contribution in [0.15, 0.2) is 41.4 Å². The van der Waals surface area contributed by atoms with Gasteiger partial charge in [-0.15, -0.1) is 0 Å². The number of anilines is 2. The molecule has 2 heterocycles. The smallest absolute Gasteiger partial charge is 0.265 e. The van der Waals surface area contributed by atoms with Crippen molar-refractivity contribution in [2.75, 3.05) is 10.0 Å². The van der Waals surface area contributed by atoms with E-state index in [1.54, 1.807) is 26.0 Å². The van der Waals surface area contributed by atoms with Gasteiger partial charge in [-0.3, -0.25) is 14.5 Å². The van der Waals surface area contributed by atoms with Crippen LogP contribution in [0.1, 0.15) is 12.6 Å². The zero-order chi connectivity index (χ0) is 16.6. The molecule has 1 amide bonds. The first kappa shape index (κ1) is 15.3. The van der Waals surface area contributed by atoms with Crippen molar-refractivity contribution >= 4 is 27.3 Å². The number of aryl methyl sites for hydroxylation is 1. The van der Waals surface area contributed by atoms with Crippen LogP contribution in [0.5, 0.6) is 5.75 Å². The van der Waals surface area contributed by atoms with Gasteiger partial charge < -0.3 is 10.1 Å². The van der Waals surface area contributed by atoms with Gasteiger partial charge in [0, 0.05) is 11.9 Å². The quantitative estimate of drug-likeness (QED) is 0.894. The van der Waals surface area contributed by atoms with Gasteiger partial charge in [0.1, 0.15) is 5.75 Å². The highest BCUT2D eigenvalue weighted by molar-refractivity contribution is 7.92. The van der Waals surface area contributed by atoms with Crippen LogP contribution < -0.4 is 14.8 Å². The highest BCUT2D eigenvalue weighted by atomic mass is 32.2. The van der Waals surface area contributed by atoms with Crippen LogP contribution in [0, 0.1) is 6.92 Å². The molecule has 0 radical (unpaired) electrons. The summed E-state index contributed by atoms with van der Waals surface area (Å²) in [5, 5.41) is 2.63. The van der Waals surface area contributed by atoms with Gasteiger partial charge in [-0.25, -0.2) is 8.42 Å². The monoisotopic (exact) mass is 333 g/mol. The molecule has 7 nitrogen and oxygen atoms in total. The van der Waals surface area contributed by atoms with Crippen molar-refractivity contribution in [1.82, 2.24) is 4.98 Å². The van der Waals surface area contributed by atoms with Gasteiger partial charge in [-0.1, -0.05) is 0 Å². The van der Waals surface area contributed by atoms with E-state index in [1.165, 1.54) is 24.4 Å². The van der Waals surface area contributed by atoms with Gasteiger partial charge in [0.15, 0.2) is 6.10 Å². The van der Waals surface area contributed by atoms with E-state index in [9.17, 15) is 13.2 Å². The molecule has 2 N–H and O–H groups in total. The van der Waals surface area contributed by atoms with Crippen molar-refractivity contribution in [3.8, 4) is 5.75 Å². The number of amides is 1. The fraction of sp³-hybridized carbons (Fsp3) is 0.200. The fourth-order valence-electron chi connectivity index (χ4n) is 2.18. The maximum Gasteiger partial charge on any atom is 0.265 e. The van der Waals surface area contributed by atoms with E-state index >= 15 is 0 Å². The summed E-state index contributed by atoms with van der Waals surface area (Å²) in [5.41, 5.74) is 1.45. The van der Waals surface area contributed by atoms with E-state index in [0.29, 0.717) is 22.8 Å². The maximum absolute atomic E-state index is 12.5. The highest BCUT2D eigenvalue weighted by Gasteiger charge is 2.25. The first-order valence-corrected chi connectivity index (χ1v) is 8.40. The van der Waals surface area contributed by atoms with Crippen LogP contribution in [0.25, 0.3) is 0 Å². The van der Waals surface area contributed by atoms with Crippen LogP contribution in [0.2, 0.25) is 0 Å². The lowest BCUT2D eigenvalue weighted by Gasteiger charge is -2.23.